The second-order valence-corrected chi connectivity index (χ2v) is 6.89. The summed E-state index contributed by atoms with van der Waals surface area (Å²) in [6, 6.07) is 11.3. The number of rotatable bonds is 7. The van der Waals surface area contributed by atoms with E-state index in [0.717, 1.165) is 15.7 Å². The maximum absolute atomic E-state index is 11.9. The van der Waals surface area contributed by atoms with E-state index in [4.69, 9.17) is 16.3 Å². The first-order valence-corrected chi connectivity index (χ1v) is 9.19. The van der Waals surface area contributed by atoms with Crippen LogP contribution >= 0.6 is 23.4 Å². The Morgan fingerprint density at radius 1 is 1.19 bits per heavy atom. The van der Waals surface area contributed by atoms with Gasteiger partial charge in [0.15, 0.2) is 6.61 Å². The predicted octanol–water partition coefficient (Wildman–Crippen LogP) is 2.33. The van der Waals surface area contributed by atoms with E-state index in [2.05, 4.69) is 5.32 Å². The van der Waals surface area contributed by atoms with Crippen LogP contribution in [0.25, 0.3) is 10.8 Å². The van der Waals surface area contributed by atoms with Crippen molar-refractivity contribution in [2.45, 2.75) is 4.90 Å². The van der Waals surface area contributed by atoms with Crippen LogP contribution in [0.2, 0.25) is 5.02 Å². The molecule has 0 heterocycles. The van der Waals surface area contributed by atoms with Gasteiger partial charge in [0.1, 0.15) is 0 Å². The summed E-state index contributed by atoms with van der Waals surface area (Å²) in [4.78, 5) is 37.1. The van der Waals surface area contributed by atoms with Crippen LogP contribution < -0.4 is 5.32 Å². The van der Waals surface area contributed by atoms with Crippen LogP contribution in [0.3, 0.4) is 0 Å². The zero-order valence-electron chi connectivity index (χ0n) is 14.5. The largest absolute Gasteiger partial charge is 0.455 e. The third kappa shape index (κ3) is 5.37. The second kappa shape index (κ2) is 9.45. The summed E-state index contributed by atoms with van der Waals surface area (Å²) in [5.41, 5.74) is 0. The van der Waals surface area contributed by atoms with Gasteiger partial charge in [0.2, 0.25) is 5.91 Å². The van der Waals surface area contributed by atoms with Gasteiger partial charge in [-0.15, -0.1) is 11.8 Å². The Kier molecular flexibility index (Phi) is 7.29. The SMILES string of the molecule is CNC(=O)CN(C)C(=O)COC(=O)CSc1cccc2cccc(Cl)c12. The number of carbonyl (C=O) groups is 3. The normalized spacial score (nSPS) is 10.4. The smallest absolute Gasteiger partial charge is 0.316 e. The first kappa shape index (κ1) is 20.1. The molecule has 2 aromatic carbocycles. The highest BCUT2D eigenvalue weighted by molar-refractivity contribution is 8.00. The third-order valence-electron chi connectivity index (χ3n) is 3.60. The fourth-order valence-corrected chi connectivity index (χ4v) is 3.44. The van der Waals surface area contributed by atoms with Gasteiger partial charge >= 0.3 is 5.97 Å². The van der Waals surface area contributed by atoms with Crippen molar-refractivity contribution in [2.24, 2.45) is 0 Å². The molecule has 8 heteroatoms. The van der Waals surface area contributed by atoms with Crippen LogP contribution in [0, 0.1) is 0 Å². The molecule has 0 saturated heterocycles. The predicted molar refractivity (Wildman–Crippen MR) is 102 cm³/mol. The molecular formula is C18H19ClN2O4S. The van der Waals surface area contributed by atoms with E-state index in [1.54, 1.807) is 6.07 Å². The van der Waals surface area contributed by atoms with Crippen molar-refractivity contribution >= 4 is 51.9 Å². The Bertz CT molecular complexity index is 823. The van der Waals surface area contributed by atoms with Crippen molar-refractivity contribution < 1.29 is 19.1 Å². The van der Waals surface area contributed by atoms with Gasteiger partial charge in [0, 0.05) is 29.4 Å². The quantitative estimate of drug-likeness (QED) is 0.576. The topological polar surface area (TPSA) is 75.7 Å². The van der Waals surface area contributed by atoms with Gasteiger partial charge in [-0.25, -0.2) is 0 Å². The van der Waals surface area contributed by atoms with Crippen LogP contribution in [0.5, 0.6) is 0 Å². The third-order valence-corrected chi connectivity index (χ3v) is 4.95. The van der Waals surface area contributed by atoms with Crippen LogP contribution in [0.1, 0.15) is 0 Å². The van der Waals surface area contributed by atoms with Crippen molar-refractivity contribution in [3.05, 3.63) is 41.4 Å². The second-order valence-electron chi connectivity index (χ2n) is 5.47. The van der Waals surface area contributed by atoms with Crippen LogP contribution in [0.15, 0.2) is 41.3 Å². The van der Waals surface area contributed by atoms with Gasteiger partial charge in [-0.1, -0.05) is 35.9 Å². The standard InChI is InChI=1S/C18H19ClN2O4S/c1-20-15(22)9-21(2)16(23)10-25-17(24)11-26-14-8-4-6-12-5-3-7-13(19)18(12)14/h3-8H,9-11H2,1-2H3,(H,20,22). The van der Waals surface area contributed by atoms with Gasteiger partial charge < -0.3 is 15.0 Å². The molecule has 2 amide bonds. The molecule has 1 N–H and O–H groups in total. The number of halogens is 1. The number of carbonyl (C=O) groups excluding carboxylic acids is 3. The average molecular weight is 395 g/mol. The maximum atomic E-state index is 11.9. The number of nitrogens with zero attached hydrogens (tertiary/aromatic N) is 1. The molecule has 2 rings (SSSR count). The first-order valence-electron chi connectivity index (χ1n) is 7.82. The molecule has 0 bridgehead atoms. The zero-order valence-corrected chi connectivity index (χ0v) is 16.0. The van der Waals surface area contributed by atoms with Gasteiger partial charge in [0.25, 0.3) is 5.91 Å². The highest BCUT2D eigenvalue weighted by Crippen LogP contribution is 2.33. The average Bonchev–Trinajstić information content (AvgIpc) is 2.64. The number of likely N-dealkylation sites (N-methyl/N-ethyl adjacent to an activating group) is 2. The molecule has 0 aliphatic heterocycles. The number of hydrogen-bond acceptors (Lipinski definition) is 5. The first-order chi connectivity index (χ1) is 12.4. The fourth-order valence-electron chi connectivity index (χ4n) is 2.20. The number of thioether (sulfide) groups is 1. The zero-order chi connectivity index (χ0) is 19.1. The number of nitrogens with one attached hydrogen (secondary N) is 1. The molecule has 0 unspecified atom stereocenters. The molecule has 138 valence electrons. The lowest BCUT2D eigenvalue weighted by atomic mass is 10.1. The summed E-state index contributed by atoms with van der Waals surface area (Å²) in [7, 11) is 2.95. The minimum atomic E-state index is -0.513. The Balaban J connectivity index is 1.88. The Labute approximate surface area is 160 Å². The Morgan fingerprint density at radius 3 is 2.58 bits per heavy atom. The van der Waals surface area contributed by atoms with E-state index >= 15 is 0 Å². The van der Waals surface area contributed by atoms with E-state index < -0.39 is 18.5 Å². The van der Waals surface area contributed by atoms with Crippen molar-refractivity contribution in [1.82, 2.24) is 10.2 Å². The number of amides is 2. The highest BCUT2D eigenvalue weighted by atomic mass is 35.5. The molecule has 0 aliphatic carbocycles. The number of fused-ring (bicyclic) bond motifs is 1. The molecule has 0 atom stereocenters. The molecule has 26 heavy (non-hydrogen) atoms. The minimum Gasteiger partial charge on any atom is -0.455 e. The molecule has 0 fully saturated rings. The molecular weight excluding hydrogens is 376 g/mol. The molecule has 2 aromatic rings. The summed E-state index contributed by atoms with van der Waals surface area (Å²) in [6.07, 6.45) is 0. The lowest BCUT2D eigenvalue weighted by molar-refractivity contribution is -0.149. The Hall–Kier alpha value is -2.25. The lowest BCUT2D eigenvalue weighted by Gasteiger charge is -2.15. The summed E-state index contributed by atoms with van der Waals surface area (Å²) in [6.45, 7) is -0.487. The number of esters is 1. The summed E-state index contributed by atoms with van der Waals surface area (Å²) in [5, 5.41) is 4.91. The van der Waals surface area contributed by atoms with Gasteiger partial charge in [-0.05, 0) is 17.5 Å². The molecule has 0 radical (unpaired) electrons. The number of hydrogen-bond donors (Lipinski definition) is 1. The summed E-state index contributed by atoms with van der Waals surface area (Å²) >= 11 is 7.55. The van der Waals surface area contributed by atoms with E-state index in [9.17, 15) is 14.4 Å². The molecule has 0 aromatic heterocycles. The maximum Gasteiger partial charge on any atom is 0.316 e. The highest BCUT2D eigenvalue weighted by Gasteiger charge is 2.15. The van der Waals surface area contributed by atoms with Gasteiger partial charge in [-0.2, -0.15) is 0 Å². The van der Waals surface area contributed by atoms with Crippen molar-refractivity contribution in [2.75, 3.05) is 33.0 Å². The summed E-state index contributed by atoms with van der Waals surface area (Å²) < 4.78 is 4.99. The monoisotopic (exact) mass is 394 g/mol. The number of benzene rings is 2. The van der Waals surface area contributed by atoms with Crippen LogP contribution in [-0.4, -0.2) is 55.7 Å². The van der Waals surface area contributed by atoms with E-state index in [-0.39, 0.29) is 18.2 Å². The molecule has 6 nitrogen and oxygen atoms in total. The van der Waals surface area contributed by atoms with Crippen molar-refractivity contribution in [3.8, 4) is 0 Å². The van der Waals surface area contributed by atoms with Gasteiger partial charge in [-0.3, -0.25) is 14.4 Å². The van der Waals surface area contributed by atoms with Crippen molar-refractivity contribution in [1.29, 1.82) is 0 Å². The molecule has 0 spiro atoms. The number of ether oxygens (including phenoxy) is 1. The van der Waals surface area contributed by atoms with Gasteiger partial charge in [0.05, 0.1) is 12.3 Å². The van der Waals surface area contributed by atoms with E-state index in [1.807, 2.05) is 30.3 Å². The Morgan fingerprint density at radius 2 is 1.88 bits per heavy atom. The minimum absolute atomic E-state index is 0.0524. The molecule has 0 aliphatic rings. The van der Waals surface area contributed by atoms with Crippen LogP contribution in [-0.2, 0) is 19.1 Å². The lowest BCUT2D eigenvalue weighted by Crippen LogP contribution is -2.39. The van der Waals surface area contributed by atoms with E-state index in [0.29, 0.717) is 5.02 Å². The van der Waals surface area contributed by atoms with Crippen LogP contribution in [0.4, 0.5) is 0 Å². The molecule has 0 saturated carbocycles. The van der Waals surface area contributed by atoms with Crippen molar-refractivity contribution in [3.63, 3.8) is 0 Å². The van der Waals surface area contributed by atoms with E-state index in [1.165, 1.54) is 30.8 Å². The fraction of sp³-hybridized carbons (Fsp3) is 0.278. The summed E-state index contributed by atoms with van der Waals surface area (Å²) in [5.74, 6) is -1.20.